The Morgan fingerprint density at radius 3 is 1.78 bits per heavy atom. The minimum atomic E-state index is 0.636. The number of fused-ring (bicyclic) bond motifs is 13. The van der Waals surface area contributed by atoms with Crippen LogP contribution in [0.3, 0.4) is 0 Å². The third-order valence-electron chi connectivity index (χ3n) is 12.8. The molecule has 4 nitrogen and oxygen atoms in total. The second kappa shape index (κ2) is 13.4. The fraction of sp³-hybridized carbons (Fsp3) is 0. The molecule has 14 rings (SSSR count). The minimum absolute atomic E-state index is 0.636. The summed E-state index contributed by atoms with van der Waals surface area (Å²) in [5.74, 6) is 1.91. The first-order chi connectivity index (χ1) is 31.2. The van der Waals surface area contributed by atoms with Gasteiger partial charge in [0.2, 0.25) is 0 Å². The van der Waals surface area contributed by atoms with Crippen LogP contribution in [0.25, 0.3) is 134 Å². The molecule has 0 aliphatic heterocycles. The maximum absolute atomic E-state index is 5.58. The Balaban J connectivity index is 1.13. The van der Waals surface area contributed by atoms with Crippen LogP contribution in [0.5, 0.6) is 0 Å². The van der Waals surface area contributed by atoms with E-state index in [-0.39, 0.29) is 0 Å². The second-order valence-electron chi connectivity index (χ2n) is 16.3. The zero-order chi connectivity index (χ0) is 41.2. The number of hydrogen-bond acceptors (Lipinski definition) is 5. The van der Waals surface area contributed by atoms with Crippen LogP contribution in [-0.2, 0) is 0 Å². The Morgan fingerprint density at radius 1 is 0.333 bits per heavy atom. The molecule has 4 heterocycles. The summed E-state index contributed by atoms with van der Waals surface area (Å²) in [5, 5.41) is 14.4. The van der Waals surface area contributed by atoms with Gasteiger partial charge >= 0.3 is 0 Å². The van der Waals surface area contributed by atoms with E-state index in [4.69, 9.17) is 15.0 Å². The maximum atomic E-state index is 5.58. The Labute approximate surface area is 368 Å². The van der Waals surface area contributed by atoms with Crippen molar-refractivity contribution in [1.82, 2.24) is 19.5 Å². The van der Waals surface area contributed by atoms with Crippen molar-refractivity contribution in [3.8, 4) is 39.9 Å². The van der Waals surface area contributed by atoms with Crippen molar-refractivity contribution in [2.24, 2.45) is 0 Å². The molecule has 0 aliphatic carbocycles. The lowest BCUT2D eigenvalue weighted by Gasteiger charge is -2.16. The number of nitrogens with zero attached hydrogens (tertiary/aromatic N) is 4. The lowest BCUT2D eigenvalue weighted by molar-refractivity contribution is 1.07. The molecule has 0 N–H and O–H groups in total. The van der Waals surface area contributed by atoms with E-state index in [9.17, 15) is 0 Å². The van der Waals surface area contributed by atoms with Gasteiger partial charge in [-0.15, -0.1) is 22.7 Å². The van der Waals surface area contributed by atoms with E-state index in [2.05, 4.69) is 199 Å². The first kappa shape index (κ1) is 34.9. The highest BCUT2D eigenvalue weighted by atomic mass is 32.1. The van der Waals surface area contributed by atoms with Crippen LogP contribution >= 0.6 is 22.7 Å². The summed E-state index contributed by atoms with van der Waals surface area (Å²) >= 11 is 3.66. The molecule has 0 saturated heterocycles. The van der Waals surface area contributed by atoms with E-state index < -0.39 is 0 Å². The average molecular weight is 837 g/mol. The van der Waals surface area contributed by atoms with E-state index in [1.807, 2.05) is 22.7 Å². The lowest BCUT2D eigenvalue weighted by Crippen LogP contribution is -2.04. The number of rotatable bonds is 4. The zero-order valence-electron chi connectivity index (χ0n) is 33.6. The smallest absolute Gasteiger partial charge is 0.166 e. The molecule has 63 heavy (non-hydrogen) atoms. The molecule has 0 aliphatic rings. The predicted molar refractivity (Wildman–Crippen MR) is 269 cm³/mol. The molecule has 0 bridgehead atoms. The molecule has 0 radical (unpaired) electrons. The molecular weight excluding hydrogens is 805 g/mol. The summed E-state index contributed by atoms with van der Waals surface area (Å²) in [7, 11) is 0. The standard InChI is InChI=1S/C57H32N4S2/c1-2-13-35-29-38(22-21-33(35)11-1)55-58-56(39-24-27-50-45(31-39)42-18-8-10-20-49(42)62-50)60-57(59-55)53-47(26-28-51-52(53)43-25-23-34-12-5-6-16-40(34)54(43)63-51)61-46-19-9-7-17-41(46)44-30-36-14-3-4-15-37(36)32-48(44)61/h1-32H. The van der Waals surface area contributed by atoms with Gasteiger partial charge in [-0.1, -0.05) is 133 Å². The van der Waals surface area contributed by atoms with Gasteiger partial charge in [-0.2, -0.15) is 0 Å². The largest absolute Gasteiger partial charge is 0.308 e. The Morgan fingerprint density at radius 2 is 0.937 bits per heavy atom. The van der Waals surface area contributed by atoms with Gasteiger partial charge in [-0.25, -0.2) is 15.0 Å². The molecule has 6 heteroatoms. The van der Waals surface area contributed by atoms with Gasteiger partial charge in [0.1, 0.15) is 0 Å². The maximum Gasteiger partial charge on any atom is 0.166 e. The Kier molecular flexibility index (Phi) is 7.40. The Bertz CT molecular complexity index is 4230. The van der Waals surface area contributed by atoms with Crippen molar-refractivity contribution in [3.05, 3.63) is 194 Å². The molecule has 0 amide bonds. The first-order valence-corrected chi connectivity index (χ1v) is 22.8. The molecule has 0 unspecified atom stereocenters. The summed E-state index contributed by atoms with van der Waals surface area (Å²) < 4.78 is 7.40. The molecule has 0 spiro atoms. The zero-order valence-corrected chi connectivity index (χ0v) is 35.2. The predicted octanol–water partition coefficient (Wildman–Crippen LogP) is 16.2. The lowest BCUT2D eigenvalue weighted by atomic mass is 10.0. The van der Waals surface area contributed by atoms with E-state index in [0.29, 0.717) is 17.5 Å². The van der Waals surface area contributed by atoms with Crippen molar-refractivity contribution in [2.45, 2.75) is 0 Å². The molecule has 14 aromatic rings. The minimum Gasteiger partial charge on any atom is -0.308 e. The quantitative estimate of drug-likeness (QED) is 0.177. The number of benzene rings is 10. The third-order valence-corrected chi connectivity index (χ3v) is 15.1. The van der Waals surface area contributed by atoms with Crippen molar-refractivity contribution < 1.29 is 0 Å². The molecule has 10 aromatic carbocycles. The van der Waals surface area contributed by atoms with Gasteiger partial charge in [0.05, 0.1) is 22.3 Å². The normalized spacial score (nSPS) is 12.1. The van der Waals surface area contributed by atoms with E-state index in [1.54, 1.807) is 0 Å². The van der Waals surface area contributed by atoms with Gasteiger partial charge in [0.15, 0.2) is 17.5 Å². The van der Waals surface area contributed by atoms with Crippen molar-refractivity contribution in [1.29, 1.82) is 0 Å². The van der Waals surface area contributed by atoms with Gasteiger partial charge in [0.25, 0.3) is 0 Å². The van der Waals surface area contributed by atoms with Crippen LogP contribution in [0, 0.1) is 0 Å². The highest BCUT2D eigenvalue weighted by molar-refractivity contribution is 7.27. The van der Waals surface area contributed by atoms with Crippen LogP contribution in [0.2, 0.25) is 0 Å². The van der Waals surface area contributed by atoms with Crippen LogP contribution in [0.4, 0.5) is 0 Å². The average Bonchev–Trinajstić information content (AvgIpc) is 4.02. The summed E-state index contributed by atoms with van der Waals surface area (Å²) in [5.41, 5.74) is 6.18. The number of para-hydroxylation sites is 1. The Hall–Kier alpha value is -7.77. The molecule has 0 fully saturated rings. The van der Waals surface area contributed by atoms with Crippen molar-refractivity contribution in [2.75, 3.05) is 0 Å². The monoisotopic (exact) mass is 836 g/mol. The third kappa shape index (κ3) is 5.29. The number of thiophene rings is 2. The second-order valence-corrected chi connectivity index (χ2v) is 18.5. The van der Waals surface area contributed by atoms with Gasteiger partial charge in [0, 0.05) is 62.2 Å². The van der Waals surface area contributed by atoms with Gasteiger partial charge in [-0.05, 0) is 93.0 Å². The van der Waals surface area contributed by atoms with E-state index in [1.165, 1.54) is 72.7 Å². The van der Waals surface area contributed by atoms with Crippen LogP contribution in [0.15, 0.2) is 194 Å². The number of hydrogen-bond donors (Lipinski definition) is 0. The first-order valence-electron chi connectivity index (χ1n) is 21.2. The van der Waals surface area contributed by atoms with Gasteiger partial charge < -0.3 is 4.57 Å². The summed E-state index contributed by atoms with van der Waals surface area (Å²) in [6.07, 6.45) is 0. The molecule has 0 atom stereocenters. The van der Waals surface area contributed by atoms with Crippen LogP contribution in [0.1, 0.15) is 0 Å². The molecular formula is C57H32N4S2. The molecule has 292 valence electrons. The number of aromatic nitrogens is 4. The molecule has 4 aromatic heterocycles. The van der Waals surface area contributed by atoms with Crippen molar-refractivity contribution in [3.63, 3.8) is 0 Å². The highest BCUT2D eigenvalue weighted by Crippen LogP contribution is 2.47. The van der Waals surface area contributed by atoms with Gasteiger partial charge in [-0.3, -0.25) is 0 Å². The fourth-order valence-corrected chi connectivity index (χ4v) is 12.2. The van der Waals surface area contributed by atoms with E-state index >= 15 is 0 Å². The SMILES string of the molecule is c1ccc2cc(-c3nc(-c4ccc5sc6ccccc6c5c4)nc(-c4c(-n5c6ccccc6c6cc7ccccc7cc65)ccc5sc6c7ccccc7ccc6c45)n3)ccc2c1. The van der Waals surface area contributed by atoms with Crippen molar-refractivity contribution >= 4 is 117 Å². The highest BCUT2D eigenvalue weighted by Gasteiger charge is 2.25. The van der Waals surface area contributed by atoms with E-state index in [0.717, 1.165) is 44.2 Å². The topological polar surface area (TPSA) is 43.6 Å². The fourth-order valence-electron chi connectivity index (χ4n) is 9.85. The summed E-state index contributed by atoms with van der Waals surface area (Å²) in [4.78, 5) is 16.5. The van der Waals surface area contributed by atoms with Crippen LogP contribution in [-0.4, -0.2) is 19.5 Å². The molecule has 0 saturated carbocycles. The summed E-state index contributed by atoms with van der Waals surface area (Å²) in [6.45, 7) is 0. The summed E-state index contributed by atoms with van der Waals surface area (Å²) in [6, 6.07) is 70.3. The van der Waals surface area contributed by atoms with Crippen LogP contribution < -0.4 is 0 Å².